The van der Waals surface area contributed by atoms with Crippen molar-refractivity contribution in [1.29, 1.82) is 0 Å². The Bertz CT molecular complexity index is 812. The number of hydrogen-bond acceptors (Lipinski definition) is 4. The van der Waals surface area contributed by atoms with Crippen molar-refractivity contribution < 1.29 is 22.7 Å². The summed E-state index contributed by atoms with van der Waals surface area (Å²) in [6.07, 6.45) is 0. The van der Waals surface area contributed by atoms with E-state index in [1.165, 1.54) is 17.4 Å². The van der Waals surface area contributed by atoms with E-state index in [2.05, 4.69) is 4.72 Å². The van der Waals surface area contributed by atoms with Crippen LogP contribution in [0.1, 0.15) is 20.1 Å². The highest BCUT2D eigenvalue weighted by atomic mass is 32.2. The van der Waals surface area contributed by atoms with Gasteiger partial charge >= 0.3 is 5.97 Å². The summed E-state index contributed by atoms with van der Waals surface area (Å²) in [7, 11) is -3.97. The van der Waals surface area contributed by atoms with Crippen LogP contribution in [0.5, 0.6) is 0 Å². The Kier molecular flexibility index (Phi) is 4.02. The van der Waals surface area contributed by atoms with Crippen molar-refractivity contribution in [3.63, 3.8) is 0 Å². The lowest BCUT2D eigenvalue weighted by molar-refractivity contribution is 0.0698. The molecule has 0 atom stereocenters. The fourth-order valence-corrected chi connectivity index (χ4v) is 4.49. The summed E-state index contributed by atoms with van der Waals surface area (Å²) in [4.78, 5) is 12.5. The number of nitrogens with one attached hydrogen (secondary N) is 1. The first-order valence-corrected chi connectivity index (χ1v) is 8.13. The Labute approximate surface area is 125 Å². The maximum Gasteiger partial charge on any atom is 0.337 e. The lowest BCUT2D eigenvalue weighted by Crippen LogP contribution is -2.16. The summed E-state index contributed by atoms with van der Waals surface area (Å²) in [5, 5.41) is 9.03. The highest BCUT2D eigenvalue weighted by Gasteiger charge is 2.22. The maximum absolute atomic E-state index is 13.2. The van der Waals surface area contributed by atoms with Gasteiger partial charge in [0.25, 0.3) is 10.0 Å². The lowest BCUT2D eigenvalue weighted by Gasteiger charge is -2.10. The topological polar surface area (TPSA) is 83.5 Å². The van der Waals surface area contributed by atoms with Crippen LogP contribution in [0.2, 0.25) is 0 Å². The number of carbonyl (C=O) groups is 1. The van der Waals surface area contributed by atoms with E-state index in [1.807, 2.05) is 0 Å². The Morgan fingerprint density at radius 2 is 1.95 bits per heavy atom. The van der Waals surface area contributed by atoms with E-state index < -0.39 is 21.8 Å². The van der Waals surface area contributed by atoms with Gasteiger partial charge in [0.2, 0.25) is 0 Å². The number of anilines is 1. The first-order chi connectivity index (χ1) is 9.70. The predicted octanol–water partition coefficient (Wildman–Crippen LogP) is 3.00. The van der Waals surface area contributed by atoms with Crippen molar-refractivity contribution in [1.82, 2.24) is 0 Å². The number of carboxylic acid groups (broad SMARTS) is 1. The molecule has 21 heavy (non-hydrogen) atoms. The minimum absolute atomic E-state index is 0.0607. The largest absolute Gasteiger partial charge is 0.478 e. The standard InChI is InChI=1S/C13H12FNO4S2/c1-7-5-12(8(2)20-7)21(18,19)15-11-6-9(14)3-4-10(11)13(16)17/h3-6,15H,1-2H3,(H,16,17). The molecule has 0 aliphatic carbocycles. The van der Waals surface area contributed by atoms with Crippen LogP contribution >= 0.6 is 11.3 Å². The third-order valence-electron chi connectivity index (χ3n) is 2.74. The second-order valence-corrected chi connectivity index (χ2v) is 7.49. The molecule has 5 nitrogen and oxygen atoms in total. The van der Waals surface area contributed by atoms with Gasteiger partial charge in [-0.1, -0.05) is 0 Å². The number of sulfonamides is 1. The molecule has 8 heteroatoms. The third kappa shape index (κ3) is 3.22. The normalized spacial score (nSPS) is 11.4. The number of rotatable bonds is 4. The molecule has 0 saturated carbocycles. The first-order valence-electron chi connectivity index (χ1n) is 5.83. The molecule has 1 aromatic carbocycles. The SMILES string of the molecule is Cc1cc(S(=O)(=O)Nc2cc(F)ccc2C(=O)O)c(C)s1. The van der Waals surface area contributed by atoms with Gasteiger partial charge in [0.05, 0.1) is 11.3 Å². The van der Waals surface area contributed by atoms with E-state index >= 15 is 0 Å². The summed E-state index contributed by atoms with van der Waals surface area (Å²) in [5.74, 6) is -2.07. The van der Waals surface area contributed by atoms with Crippen molar-refractivity contribution in [3.05, 3.63) is 45.4 Å². The number of carboxylic acids is 1. The van der Waals surface area contributed by atoms with Crippen LogP contribution in [-0.4, -0.2) is 19.5 Å². The van der Waals surface area contributed by atoms with Crippen molar-refractivity contribution >= 4 is 33.0 Å². The zero-order valence-electron chi connectivity index (χ0n) is 11.2. The molecule has 0 bridgehead atoms. The lowest BCUT2D eigenvalue weighted by atomic mass is 10.2. The first kappa shape index (κ1) is 15.5. The second kappa shape index (κ2) is 5.45. The average Bonchev–Trinajstić information content (AvgIpc) is 2.68. The quantitative estimate of drug-likeness (QED) is 0.903. The summed E-state index contributed by atoms with van der Waals surface area (Å²) in [6.45, 7) is 3.41. The number of hydrogen-bond donors (Lipinski definition) is 2. The fraction of sp³-hybridized carbons (Fsp3) is 0.154. The Balaban J connectivity index is 2.48. The van der Waals surface area contributed by atoms with Gasteiger partial charge in [-0.3, -0.25) is 4.72 Å². The van der Waals surface area contributed by atoms with Gasteiger partial charge < -0.3 is 5.11 Å². The highest BCUT2D eigenvalue weighted by molar-refractivity contribution is 7.93. The van der Waals surface area contributed by atoms with E-state index in [0.29, 0.717) is 4.88 Å². The van der Waals surface area contributed by atoms with Gasteiger partial charge in [0.1, 0.15) is 10.7 Å². The van der Waals surface area contributed by atoms with E-state index in [4.69, 9.17) is 5.11 Å². The second-order valence-electron chi connectivity index (χ2n) is 4.38. The zero-order valence-corrected chi connectivity index (χ0v) is 12.8. The molecule has 2 N–H and O–H groups in total. The molecular weight excluding hydrogens is 317 g/mol. The minimum atomic E-state index is -3.97. The van der Waals surface area contributed by atoms with Crippen molar-refractivity contribution in [2.45, 2.75) is 18.7 Å². The molecule has 0 amide bonds. The molecule has 2 rings (SSSR count). The van der Waals surface area contributed by atoms with Crippen molar-refractivity contribution in [2.24, 2.45) is 0 Å². The predicted molar refractivity (Wildman–Crippen MR) is 78.0 cm³/mol. The average molecular weight is 329 g/mol. The van der Waals surface area contributed by atoms with Gasteiger partial charge in [-0.05, 0) is 38.1 Å². The van der Waals surface area contributed by atoms with Crippen molar-refractivity contribution in [2.75, 3.05) is 4.72 Å². The number of benzene rings is 1. The Hall–Kier alpha value is -1.93. The molecule has 1 aromatic heterocycles. The van der Waals surface area contributed by atoms with Crippen LogP contribution in [0.15, 0.2) is 29.2 Å². The summed E-state index contributed by atoms with van der Waals surface area (Å²) >= 11 is 1.31. The smallest absolute Gasteiger partial charge is 0.337 e. The van der Waals surface area contributed by atoms with Gasteiger partial charge in [-0.2, -0.15) is 0 Å². The van der Waals surface area contributed by atoms with Gasteiger partial charge in [0.15, 0.2) is 0 Å². The molecule has 0 saturated heterocycles. The van der Waals surface area contributed by atoms with Gasteiger partial charge in [0, 0.05) is 9.75 Å². The number of halogens is 1. The fourth-order valence-electron chi connectivity index (χ4n) is 1.86. The maximum atomic E-state index is 13.2. The molecular formula is C13H12FNO4S2. The summed E-state index contributed by atoms with van der Waals surface area (Å²) < 4.78 is 40.0. The van der Waals surface area contributed by atoms with Crippen LogP contribution < -0.4 is 4.72 Å². The van der Waals surface area contributed by atoms with Crippen LogP contribution in [0, 0.1) is 19.7 Å². The monoisotopic (exact) mass is 329 g/mol. The van der Waals surface area contributed by atoms with E-state index in [9.17, 15) is 17.6 Å². The Morgan fingerprint density at radius 3 is 2.48 bits per heavy atom. The van der Waals surface area contributed by atoms with Gasteiger partial charge in [-0.25, -0.2) is 17.6 Å². The Morgan fingerprint density at radius 1 is 1.29 bits per heavy atom. The number of aryl methyl sites for hydroxylation is 2. The highest BCUT2D eigenvalue weighted by Crippen LogP contribution is 2.28. The molecule has 1 heterocycles. The van der Waals surface area contributed by atoms with E-state index in [-0.39, 0.29) is 16.1 Å². The van der Waals surface area contributed by atoms with Gasteiger partial charge in [-0.15, -0.1) is 11.3 Å². The molecule has 0 aliphatic rings. The number of thiophene rings is 1. The van der Waals surface area contributed by atoms with Crippen molar-refractivity contribution in [3.8, 4) is 0 Å². The molecule has 112 valence electrons. The molecule has 0 spiro atoms. The van der Waals surface area contributed by atoms with Crippen LogP contribution in [0.3, 0.4) is 0 Å². The molecule has 0 unspecified atom stereocenters. The zero-order chi connectivity index (χ0) is 15.8. The molecule has 0 aliphatic heterocycles. The van der Waals surface area contributed by atoms with E-state index in [0.717, 1.165) is 23.1 Å². The van der Waals surface area contributed by atoms with Crippen LogP contribution in [-0.2, 0) is 10.0 Å². The van der Waals surface area contributed by atoms with E-state index in [1.54, 1.807) is 13.8 Å². The third-order valence-corrected chi connectivity index (χ3v) is 5.33. The number of aromatic carboxylic acids is 1. The summed E-state index contributed by atoms with van der Waals surface area (Å²) in [5.41, 5.74) is -0.615. The molecule has 0 fully saturated rings. The van der Waals surface area contributed by atoms with Crippen LogP contribution in [0.25, 0.3) is 0 Å². The molecule has 0 radical (unpaired) electrons. The minimum Gasteiger partial charge on any atom is -0.478 e. The molecule has 2 aromatic rings. The summed E-state index contributed by atoms with van der Waals surface area (Å²) in [6, 6.07) is 4.31. The van der Waals surface area contributed by atoms with Crippen LogP contribution in [0.4, 0.5) is 10.1 Å².